The molecule has 3 aliphatic rings. The molecule has 0 radical (unpaired) electrons. The maximum Gasteiger partial charge on any atom is 0.252 e. The highest BCUT2D eigenvalue weighted by molar-refractivity contribution is 6.05. The largest absolute Gasteiger partial charge is 0.372 e. The Morgan fingerprint density at radius 3 is 2.30 bits per heavy atom. The quantitative estimate of drug-likeness (QED) is 0.675. The summed E-state index contributed by atoms with van der Waals surface area (Å²) in [6.07, 6.45) is 4.63. The first-order valence-electron chi connectivity index (χ1n) is 12.6. The van der Waals surface area contributed by atoms with Crippen molar-refractivity contribution in [1.82, 2.24) is 10.2 Å². The number of hydrogen-bond donors (Lipinski definition) is 1. The van der Waals surface area contributed by atoms with Crippen LogP contribution < -0.4 is 10.2 Å². The fraction of sp³-hybridized carbons (Fsp3) is 0.571. The van der Waals surface area contributed by atoms with Crippen molar-refractivity contribution in [2.45, 2.75) is 72.6 Å². The Bertz CT molecular complexity index is 977. The van der Waals surface area contributed by atoms with Crippen molar-refractivity contribution in [3.05, 3.63) is 52.4 Å². The van der Waals surface area contributed by atoms with Crippen molar-refractivity contribution >= 4 is 17.4 Å². The van der Waals surface area contributed by atoms with Crippen LogP contribution in [0.25, 0.3) is 0 Å². The number of nitrogens with one attached hydrogen (secondary N) is 1. The van der Waals surface area contributed by atoms with E-state index in [1.54, 1.807) is 0 Å². The summed E-state index contributed by atoms with van der Waals surface area (Å²) in [7, 11) is 0. The van der Waals surface area contributed by atoms with Gasteiger partial charge in [-0.05, 0) is 69.6 Å². The molecule has 1 aliphatic carbocycles. The molecule has 1 atom stereocenters. The van der Waals surface area contributed by atoms with E-state index in [-0.39, 0.29) is 23.0 Å². The van der Waals surface area contributed by atoms with Gasteiger partial charge in [-0.25, -0.2) is 0 Å². The Labute approximate surface area is 198 Å². The molecule has 5 nitrogen and oxygen atoms in total. The Morgan fingerprint density at radius 2 is 1.70 bits per heavy atom. The van der Waals surface area contributed by atoms with Crippen molar-refractivity contribution in [1.29, 1.82) is 0 Å². The molecule has 33 heavy (non-hydrogen) atoms. The lowest BCUT2D eigenvalue weighted by Gasteiger charge is -2.41. The maximum absolute atomic E-state index is 13.8. The van der Waals surface area contributed by atoms with Crippen LogP contribution in [0.15, 0.2) is 46.8 Å². The summed E-state index contributed by atoms with van der Waals surface area (Å²) < 4.78 is 0. The standard InChI is InChI=1S/C28H39N3O2/c1-6-30(7-2)21-13-11-20(12-14-21)25-24(27(33)31-15-9-8-10-16-31)19(3)29-22-17-28(4,5)18-23(32)26(22)25/h11-14,25,29H,6-10,15-18H2,1-5H3/t25-/m0/s1. The van der Waals surface area contributed by atoms with Crippen LogP contribution >= 0.6 is 0 Å². The fourth-order valence-electron chi connectivity index (χ4n) is 5.79. The summed E-state index contributed by atoms with van der Waals surface area (Å²) in [5, 5.41) is 3.50. The SMILES string of the molecule is CCN(CC)c1ccc([C@H]2C(C(=O)N3CCCCC3)=C(C)NC3=C2C(=O)CC(C)(C)C3)cc1. The zero-order valence-electron chi connectivity index (χ0n) is 21.0. The minimum Gasteiger partial charge on any atom is -0.372 e. The third-order valence-corrected chi connectivity index (χ3v) is 7.47. The number of rotatable bonds is 5. The van der Waals surface area contributed by atoms with Gasteiger partial charge >= 0.3 is 0 Å². The highest BCUT2D eigenvalue weighted by Crippen LogP contribution is 2.47. The monoisotopic (exact) mass is 449 g/mol. The number of nitrogens with zero attached hydrogens (tertiary/aromatic N) is 2. The van der Waals surface area contributed by atoms with Gasteiger partial charge in [0.25, 0.3) is 5.91 Å². The first kappa shape index (κ1) is 23.6. The van der Waals surface area contributed by atoms with E-state index in [1.807, 2.05) is 11.8 Å². The average molecular weight is 450 g/mol. The molecule has 1 aromatic rings. The maximum atomic E-state index is 13.8. The van der Waals surface area contributed by atoms with E-state index in [9.17, 15) is 9.59 Å². The first-order chi connectivity index (χ1) is 15.8. The van der Waals surface area contributed by atoms with Gasteiger partial charge in [0.05, 0.1) is 0 Å². The number of likely N-dealkylation sites (tertiary alicyclic amines) is 1. The first-order valence-corrected chi connectivity index (χ1v) is 12.6. The van der Waals surface area contributed by atoms with Crippen molar-refractivity contribution < 1.29 is 9.59 Å². The summed E-state index contributed by atoms with van der Waals surface area (Å²) in [5.41, 5.74) is 5.58. The molecular weight excluding hydrogens is 410 g/mol. The topological polar surface area (TPSA) is 52.7 Å². The number of hydrogen-bond acceptors (Lipinski definition) is 4. The second-order valence-electron chi connectivity index (χ2n) is 10.5. The minimum absolute atomic E-state index is 0.0747. The van der Waals surface area contributed by atoms with E-state index in [4.69, 9.17) is 0 Å². The number of amides is 1. The third-order valence-electron chi connectivity index (χ3n) is 7.47. The number of anilines is 1. The number of carbonyl (C=O) groups excluding carboxylic acids is 2. The molecule has 0 spiro atoms. The van der Waals surface area contributed by atoms with Gasteiger partial charge in [0, 0.05) is 66.7 Å². The second-order valence-corrected chi connectivity index (χ2v) is 10.5. The average Bonchev–Trinajstić information content (AvgIpc) is 2.79. The Kier molecular flexibility index (Phi) is 6.69. The lowest BCUT2D eigenvalue weighted by atomic mass is 9.68. The number of Topliss-reactive ketones (excluding diaryl/α,β-unsaturated/α-hetero) is 1. The molecule has 1 aromatic carbocycles. The highest BCUT2D eigenvalue weighted by Gasteiger charge is 2.43. The predicted molar refractivity (Wildman–Crippen MR) is 134 cm³/mol. The molecule has 1 N–H and O–H groups in total. The van der Waals surface area contributed by atoms with Crippen LogP contribution in [-0.2, 0) is 9.59 Å². The van der Waals surface area contributed by atoms with Gasteiger partial charge in [-0.15, -0.1) is 0 Å². The summed E-state index contributed by atoms with van der Waals surface area (Å²) in [5.74, 6) is -0.0465. The van der Waals surface area contributed by atoms with Crippen molar-refractivity contribution in [2.75, 3.05) is 31.1 Å². The van der Waals surface area contributed by atoms with Crippen LogP contribution in [0.4, 0.5) is 5.69 Å². The highest BCUT2D eigenvalue weighted by atomic mass is 16.2. The lowest BCUT2D eigenvalue weighted by molar-refractivity contribution is -0.128. The smallest absolute Gasteiger partial charge is 0.252 e. The van der Waals surface area contributed by atoms with Crippen LogP contribution in [0.3, 0.4) is 0 Å². The third kappa shape index (κ3) is 4.60. The minimum atomic E-state index is -0.301. The van der Waals surface area contributed by atoms with Gasteiger partial charge in [0.15, 0.2) is 5.78 Å². The number of carbonyl (C=O) groups is 2. The zero-order chi connectivity index (χ0) is 23.8. The number of piperidine rings is 1. The molecule has 5 heteroatoms. The molecule has 4 rings (SSSR count). The van der Waals surface area contributed by atoms with Gasteiger partial charge in [0.2, 0.25) is 0 Å². The molecule has 2 heterocycles. The molecule has 0 unspecified atom stereocenters. The summed E-state index contributed by atoms with van der Waals surface area (Å²) in [4.78, 5) is 31.6. The number of dihydropyridines is 1. The van der Waals surface area contributed by atoms with E-state index in [0.717, 1.165) is 73.5 Å². The van der Waals surface area contributed by atoms with Gasteiger partial charge in [0.1, 0.15) is 0 Å². The number of benzene rings is 1. The van der Waals surface area contributed by atoms with E-state index in [1.165, 1.54) is 12.1 Å². The van der Waals surface area contributed by atoms with E-state index in [0.29, 0.717) is 6.42 Å². The summed E-state index contributed by atoms with van der Waals surface area (Å²) in [6, 6.07) is 8.52. The molecule has 1 amide bonds. The number of ketones is 1. The molecular formula is C28H39N3O2. The molecule has 0 aromatic heterocycles. The van der Waals surface area contributed by atoms with Crippen LogP contribution in [0, 0.1) is 5.41 Å². The molecule has 2 aliphatic heterocycles. The summed E-state index contributed by atoms with van der Waals surface area (Å²) in [6.45, 7) is 14.1. The zero-order valence-corrected chi connectivity index (χ0v) is 21.0. The van der Waals surface area contributed by atoms with Crippen LogP contribution in [0.1, 0.15) is 78.2 Å². The van der Waals surface area contributed by atoms with Gasteiger partial charge in [-0.1, -0.05) is 26.0 Å². The lowest BCUT2D eigenvalue weighted by Crippen LogP contribution is -2.43. The predicted octanol–water partition coefficient (Wildman–Crippen LogP) is 5.15. The van der Waals surface area contributed by atoms with Gasteiger partial charge in [-0.3, -0.25) is 9.59 Å². The van der Waals surface area contributed by atoms with Crippen molar-refractivity contribution in [3.63, 3.8) is 0 Å². The Morgan fingerprint density at radius 1 is 1.06 bits per heavy atom. The van der Waals surface area contributed by atoms with E-state index < -0.39 is 0 Å². The summed E-state index contributed by atoms with van der Waals surface area (Å²) >= 11 is 0. The molecule has 1 saturated heterocycles. The van der Waals surface area contributed by atoms with Gasteiger partial charge in [-0.2, -0.15) is 0 Å². The van der Waals surface area contributed by atoms with Crippen LogP contribution in [-0.4, -0.2) is 42.8 Å². The van der Waals surface area contributed by atoms with E-state index in [2.05, 4.69) is 62.2 Å². The Balaban J connectivity index is 1.79. The molecule has 0 bridgehead atoms. The Hall–Kier alpha value is -2.56. The van der Waals surface area contributed by atoms with Crippen molar-refractivity contribution in [2.24, 2.45) is 5.41 Å². The van der Waals surface area contributed by atoms with Gasteiger partial charge < -0.3 is 15.1 Å². The van der Waals surface area contributed by atoms with Crippen molar-refractivity contribution in [3.8, 4) is 0 Å². The molecule has 0 saturated carbocycles. The normalized spacial score (nSPS) is 22.8. The molecule has 178 valence electrons. The number of allylic oxidation sites excluding steroid dienone is 3. The molecule has 1 fully saturated rings. The second kappa shape index (κ2) is 9.36. The van der Waals surface area contributed by atoms with Crippen LogP contribution in [0.5, 0.6) is 0 Å². The fourth-order valence-corrected chi connectivity index (χ4v) is 5.79. The van der Waals surface area contributed by atoms with Crippen LogP contribution in [0.2, 0.25) is 0 Å². The van der Waals surface area contributed by atoms with E-state index >= 15 is 0 Å².